The second-order valence-electron chi connectivity index (χ2n) is 6.81. The maximum absolute atomic E-state index is 13.5. The molecule has 3 nitrogen and oxygen atoms in total. The van der Waals surface area contributed by atoms with Gasteiger partial charge in [0.15, 0.2) is 0 Å². The van der Waals surface area contributed by atoms with Gasteiger partial charge in [0.2, 0.25) is 0 Å². The number of anilines is 1. The number of hydrogen-bond donors (Lipinski definition) is 2. The molecule has 0 radical (unpaired) electrons. The highest BCUT2D eigenvalue weighted by molar-refractivity contribution is 6.06. The van der Waals surface area contributed by atoms with Gasteiger partial charge >= 0.3 is 0 Å². The summed E-state index contributed by atoms with van der Waals surface area (Å²) in [7, 11) is 0. The van der Waals surface area contributed by atoms with Crippen molar-refractivity contribution in [1.29, 1.82) is 0 Å². The van der Waals surface area contributed by atoms with E-state index < -0.39 is 0 Å². The molecule has 0 aromatic heterocycles. The molecule has 0 atom stereocenters. The molecule has 0 saturated carbocycles. The molecule has 3 aromatic carbocycles. The van der Waals surface area contributed by atoms with Crippen LogP contribution in [-0.2, 0) is 0 Å². The molecule has 0 fully saturated rings. The Kier molecular flexibility index (Phi) is 5.52. The predicted octanol–water partition coefficient (Wildman–Crippen LogP) is 5.58. The molecule has 0 saturated heterocycles. The van der Waals surface area contributed by atoms with Gasteiger partial charge in [0.1, 0.15) is 5.82 Å². The third kappa shape index (κ3) is 4.43. The summed E-state index contributed by atoms with van der Waals surface area (Å²) in [6.07, 6.45) is 6.89. The first-order valence-electron chi connectivity index (χ1n) is 9.58. The van der Waals surface area contributed by atoms with Crippen molar-refractivity contribution >= 4 is 29.4 Å². The molecular formula is C25H21FN2O. The summed E-state index contributed by atoms with van der Waals surface area (Å²) in [5.41, 5.74) is 4.99. The van der Waals surface area contributed by atoms with Crippen LogP contribution in [0.3, 0.4) is 0 Å². The molecule has 0 spiro atoms. The molecule has 1 aliphatic heterocycles. The van der Waals surface area contributed by atoms with E-state index in [9.17, 15) is 9.18 Å². The SMILES string of the molecule is O=C(Nc1cccc(/C=C/c2cccc(F)c2)c1C1=CCCN1)c1ccccc1. The van der Waals surface area contributed by atoms with Gasteiger partial charge in [-0.3, -0.25) is 4.79 Å². The fourth-order valence-electron chi connectivity index (χ4n) is 3.38. The van der Waals surface area contributed by atoms with Gasteiger partial charge in [0.05, 0.1) is 5.69 Å². The lowest BCUT2D eigenvalue weighted by Crippen LogP contribution is -2.15. The minimum Gasteiger partial charge on any atom is -0.384 e. The van der Waals surface area contributed by atoms with Crippen LogP contribution in [0.1, 0.15) is 33.5 Å². The maximum Gasteiger partial charge on any atom is 0.255 e. The molecule has 4 heteroatoms. The van der Waals surface area contributed by atoms with E-state index in [1.807, 2.05) is 54.6 Å². The second kappa shape index (κ2) is 8.57. The fourth-order valence-corrected chi connectivity index (χ4v) is 3.38. The van der Waals surface area contributed by atoms with Gasteiger partial charge in [-0.1, -0.05) is 60.7 Å². The first-order valence-corrected chi connectivity index (χ1v) is 9.58. The van der Waals surface area contributed by atoms with Crippen LogP contribution < -0.4 is 10.6 Å². The Morgan fingerprint density at radius 3 is 2.55 bits per heavy atom. The molecule has 0 bridgehead atoms. The quantitative estimate of drug-likeness (QED) is 0.564. The Bertz CT molecular complexity index is 1090. The monoisotopic (exact) mass is 384 g/mol. The van der Waals surface area contributed by atoms with Crippen molar-refractivity contribution in [2.24, 2.45) is 0 Å². The summed E-state index contributed by atoms with van der Waals surface area (Å²) in [5.74, 6) is -0.423. The first kappa shape index (κ1) is 18.7. The van der Waals surface area contributed by atoms with Crippen LogP contribution in [0, 0.1) is 5.82 Å². The number of hydrogen-bond acceptors (Lipinski definition) is 2. The van der Waals surface area contributed by atoms with E-state index in [0.717, 1.165) is 41.0 Å². The summed E-state index contributed by atoms with van der Waals surface area (Å²) in [5, 5.41) is 6.43. The van der Waals surface area contributed by atoms with E-state index in [4.69, 9.17) is 0 Å². The minimum atomic E-state index is -0.267. The lowest BCUT2D eigenvalue weighted by atomic mass is 10.0. The summed E-state index contributed by atoms with van der Waals surface area (Å²) in [4.78, 5) is 12.7. The largest absolute Gasteiger partial charge is 0.384 e. The number of halogens is 1. The fraction of sp³-hybridized carbons (Fsp3) is 0.0800. The lowest BCUT2D eigenvalue weighted by molar-refractivity contribution is 0.102. The summed E-state index contributed by atoms with van der Waals surface area (Å²) >= 11 is 0. The number of rotatable bonds is 5. The van der Waals surface area contributed by atoms with Gasteiger partial charge in [-0.05, 0) is 47.9 Å². The van der Waals surface area contributed by atoms with Crippen molar-refractivity contribution in [3.8, 4) is 0 Å². The lowest BCUT2D eigenvalue weighted by Gasteiger charge is -2.16. The number of carbonyl (C=O) groups excluding carboxylic acids is 1. The van der Waals surface area contributed by atoms with E-state index in [1.165, 1.54) is 12.1 Å². The predicted molar refractivity (Wildman–Crippen MR) is 117 cm³/mol. The zero-order valence-electron chi connectivity index (χ0n) is 15.9. The summed E-state index contributed by atoms with van der Waals surface area (Å²) in [6.45, 7) is 0.864. The molecule has 1 amide bonds. The molecule has 1 aliphatic rings. The average Bonchev–Trinajstić information content (AvgIpc) is 3.27. The first-order chi connectivity index (χ1) is 14.2. The Morgan fingerprint density at radius 2 is 1.79 bits per heavy atom. The van der Waals surface area contributed by atoms with Crippen LogP contribution in [0.25, 0.3) is 17.8 Å². The number of carbonyl (C=O) groups is 1. The molecule has 3 aromatic rings. The van der Waals surface area contributed by atoms with Gasteiger partial charge < -0.3 is 10.6 Å². The molecule has 144 valence electrons. The van der Waals surface area contributed by atoms with Crippen LogP contribution in [0.4, 0.5) is 10.1 Å². The minimum absolute atomic E-state index is 0.156. The molecule has 0 unspecified atom stereocenters. The highest BCUT2D eigenvalue weighted by Gasteiger charge is 2.16. The molecular weight excluding hydrogens is 363 g/mol. The molecule has 0 aliphatic carbocycles. The highest BCUT2D eigenvalue weighted by Crippen LogP contribution is 2.30. The Hall–Kier alpha value is -3.66. The van der Waals surface area contributed by atoms with Crippen LogP contribution in [0.2, 0.25) is 0 Å². The maximum atomic E-state index is 13.5. The van der Waals surface area contributed by atoms with Crippen molar-refractivity contribution in [2.75, 3.05) is 11.9 Å². The van der Waals surface area contributed by atoms with Gasteiger partial charge in [-0.2, -0.15) is 0 Å². The Labute approximate surface area is 169 Å². The van der Waals surface area contributed by atoms with Gasteiger partial charge in [-0.15, -0.1) is 0 Å². The summed E-state index contributed by atoms with van der Waals surface area (Å²) < 4.78 is 13.5. The van der Waals surface area contributed by atoms with Crippen molar-refractivity contribution in [3.05, 3.63) is 107 Å². The van der Waals surface area contributed by atoms with E-state index in [2.05, 4.69) is 16.7 Å². The topological polar surface area (TPSA) is 41.1 Å². The summed E-state index contributed by atoms with van der Waals surface area (Å²) in [6, 6.07) is 21.4. The van der Waals surface area contributed by atoms with Crippen LogP contribution >= 0.6 is 0 Å². The Morgan fingerprint density at radius 1 is 0.966 bits per heavy atom. The van der Waals surface area contributed by atoms with Crippen LogP contribution in [-0.4, -0.2) is 12.5 Å². The standard InChI is InChI=1S/C25H21FN2O/c26-21-11-4-7-18(17-21)14-15-19-10-5-12-23(24(19)22-13-6-16-27-22)28-25(29)20-8-2-1-3-9-20/h1-5,7-15,17,27H,6,16H2,(H,28,29)/b15-14+. The second-order valence-corrected chi connectivity index (χ2v) is 6.81. The molecule has 29 heavy (non-hydrogen) atoms. The smallest absolute Gasteiger partial charge is 0.255 e. The molecule has 4 rings (SSSR count). The number of nitrogens with one attached hydrogen (secondary N) is 2. The number of benzene rings is 3. The highest BCUT2D eigenvalue weighted by atomic mass is 19.1. The van der Waals surface area contributed by atoms with Gasteiger partial charge in [0, 0.05) is 23.4 Å². The third-order valence-electron chi connectivity index (χ3n) is 4.76. The van der Waals surface area contributed by atoms with E-state index >= 15 is 0 Å². The van der Waals surface area contributed by atoms with Gasteiger partial charge in [-0.25, -0.2) is 4.39 Å². The van der Waals surface area contributed by atoms with E-state index in [1.54, 1.807) is 18.2 Å². The normalized spacial score (nSPS) is 13.2. The zero-order valence-corrected chi connectivity index (χ0v) is 15.9. The zero-order chi connectivity index (χ0) is 20.1. The molecule has 1 heterocycles. The van der Waals surface area contributed by atoms with Crippen molar-refractivity contribution in [2.45, 2.75) is 6.42 Å². The van der Waals surface area contributed by atoms with Gasteiger partial charge in [0.25, 0.3) is 5.91 Å². The third-order valence-corrected chi connectivity index (χ3v) is 4.76. The van der Waals surface area contributed by atoms with E-state index in [0.29, 0.717) is 5.56 Å². The van der Waals surface area contributed by atoms with Crippen LogP contribution in [0.15, 0.2) is 78.9 Å². The Balaban J connectivity index is 1.70. The van der Waals surface area contributed by atoms with Crippen LogP contribution in [0.5, 0.6) is 0 Å². The average molecular weight is 384 g/mol. The molecule has 2 N–H and O–H groups in total. The van der Waals surface area contributed by atoms with Crippen molar-refractivity contribution in [1.82, 2.24) is 5.32 Å². The van der Waals surface area contributed by atoms with E-state index in [-0.39, 0.29) is 11.7 Å². The number of amides is 1. The van der Waals surface area contributed by atoms with Crippen molar-refractivity contribution in [3.63, 3.8) is 0 Å². The van der Waals surface area contributed by atoms with Crippen molar-refractivity contribution < 1.29 is 9.18 Å².